The number of nitrogens with one attached hydrogen (secondary N) is 1. The number of hydrogen-bond donors (Lipinski definition) is 2. The van der Waals surface area contributed by atoms with Crippen molar-refractivity contribution in [1.29, 1.82) is 0 Å². The molecular formula is C18H21NO4. The molecule has 5 heteroatoms. The van der Waals surface area contributed by atoms with Gasteiger partial charge in [-0.2, -0.15) is 0 Å². The minimum absolute atomic E-state index is 0.207. The number of hydrogen-bond acceptors (Lipinski definition) is 3. The Morgan fingerprint density at radius 1 is 1.04 bits per heavy atom. The van der Waals surface area contributed by atoms with E-state index in [1.807, 2.05) is 36.4 Å². The van der Waals surface area contributed by atoms with Crippen molar-refractivity contribution in [3.05, 3.63) is 42.5 Å². The first-order valence-electron chi connectivity index (χ1n) is 7.57. The molecule has 0 heterocycles. The maximum Gasteiger partial charge on any atom is 0.326 e. The van der Waals surface area contributed by atoms with Gasteiger partial charge in [0.2, 0.25) is 0 Å². The molecule has 2 atom stereocenters. The van der Waals surface area contributed by atoms with Gasteiger partial charge in [-0.1, -0.05) is 50.2 Å². The molecule has 2 N–H and O–H groups in total. The third kappa shape index (κ3) is 4.00. The van der Waals surface area contributed by atoms with E-state index in [9.17, 15) is 9.59 Å². The van der Waals surface area contributed by atoms with Crippen LogP contribution in [0.25, 0.3) is 10.8 Å². The zero-order valence-electron chi connectivity index (χ0n) is 13.4. The van der Waals surface area contributed by atoms with Gasteiger partial charge in [-0.05, 0) is 24.3 Å². The molecular weight excluding hydrogens is 294 g/mol. The van der Waals surface area contributed by atoms with E-state index in [0.29, 0.717) is 5.75 Å². The van der Waals surface area contributed by atoms with Crippen LogP contribution >= 0.6 is 0 Å². The lowest BCUT2D eigenvalue weighted by molar-refractivity contribution is -0.144. The summed E-state index contributed by atoms with van der Waals surface area (Å²) in [5, 5.41) is 13.6. The topological polar surface area (TPSA) is 75.6 Å². The lowest BCUT2D eigenvalue weighted by Crippen LogP contribution is -2.48. The highest BCUT2D eigenvalue weighted by molar-refractivity contribution is 5.90. The molecule has 1 unspecified atom stereocenters. The van der Waals surface area contributed by atoms with Gasteiger partial charge in [0.25, 0.3) is 5.91 Å². The number of carbonyl (C=O) groups is 2. The number of amides is 1. The van der Waals surface area contributed by atoms with Gasteiger partial charge in [-0.15, -0.1) is 0 Å². The largest absolute Gasteiger partial charge is 0.480 e. The van der Waals surface area contributed by atoms with Crippen molar-refractivity contribution < 1.29 is 19.4 Å². The van der Waals surface area contributed by atoms with Crippen molar-refractivity contribution in [1.82, 2.24) is 5.32 Å². The predicted molar refractivity (Wildman–Crippen MR) is 88.4 cm³/mol. The van der Waals surface area contributed by atoms with Crippen LogP contribution < -0.4 is 10.1 Å². The molecule has 0 fully saturated rings. The summed E-state index contributed by atoms with van der Waals surface area (Å²) in [6, 6.07) is 12.4. The fraction of sp³-hybridized carbons (Fsp3) is 0.333. The van der Waals surface area contributed by atoms with Crippen LogP contribution in [0.2, 0.25) is 0 Å². The van der Waals surface area contributed by atoms with Gasteiger partial charge in [0.15, 0.2) is 6.10 Å². The van der Waals surface area contributed by atoms with Crippen molar-refractivity contribution >= 4 is 22.6 Å². The second kappa shape index (κ2) is 7.13. The van der Waals surface area contributed by atoms with Gasteiger partial charge in [0, 0.05) is 5.39 Å². The van der Waals surface area contributed by atoms with Gasteiger partial charge in [-0.25, -0.2) is 4.79 Å². The summed E-state index contributed by atoms with van der Waals surface area (Å²) in [7, 11) is 0. The summed E-state index contributed by atoms with van der Waals surface area (Å²) in [4.78, 5) is 23.4. The van der Waals surface area contributed by atoms with Gasteiger partial charge < -0.3 is 15.2 Å². The quantitative estimate of drug-likeness (QED) is 0.859. The Labute approximate surface area is 135 Å². The molecule has 2 rings (SSSR count). The Balaban J connectivity index is 2.13. The Hall–Kier alpha value is -2.56. The van der Waals surface area contributed by atoms with E-state index < -0.39 is 24.0 Å². The molecule has 0 spiro atoms. The molecule has 122 valence electrons. The van der Waals surface area contributed by atoms with E-state index in [0.717, 1.165) is 10.8 Å². The lowest BCUT2D eigenvalue weighted by atomic mass is 10.0. The molecule has 23 heavy (non-hydrogen) atoms. The molecule has 5 nitrogen and oxygen atoms in total. The minimum atomic E-state index is -1.05. The number of benzene rings is 2. The number of aliphatic carboxylic acids is 1. The van der Waals surface area contributed by atoms with Crippen LogP contribution in [0, 0.1) is 5.92 Å². The fourth-order valence-corrected chi connectivity index (χ4v) is 2.33. The van der Waals surface area contributed by atoms with Crippen LogP contribution in [0.1, 0.15) is 20.8 Å². The van der Waals surface area contributed by atoms with Crippen LogP contribution in [-0.2, 0) is 9.59 Å². The van der Waals surface area contributed by atoms with Crippen molar-refractivity contribution in [2.24, 2.45) is 5.92 Å². The highest BCUT2D eigenvalue weighted by Crippen LogP contribution is 2.26. The summed E-state index contributed by atoms with van der Waals surface area (Å²) < 4.78 is 5.74. The van der Waals surface area contributed by atoms with Crippen LogP contribution in [0.3, 0.4) is 0 Å². The van der Waals surface area contributed by atoms with E-state index in [1.165, 1.54) is 0 Å². The number of carboxylic acid groups (broad SMARTS) is 1. The van der Waals surface area contributed by atoms with Crippen molar-refractivity contribution in [2.45, 2.75) is 32.9 Å². The zero-order chi connectivity index (χ0) is 17.0. The fourth-order valence-electron chi connectivity index (χ4n) is 2.33. The first-order chi connectivity index (χ1) is 10.9. The predicted octanol–water partition coefficient (Wildman–Crippen LogP) is 2.83. The number of carboxylic acids is 1. The molecule has 0 aliphatic carbocycles. The normalized spacial score (nSPS) is 13.6. The SMILES string of the molecule is CC(Oc1cccc2ccccc12)C(=O)N[C@@H](C(=O)O)C(C)C. The summed E-state index contributed by atoms with van der Waals surface area (Å²) >= 11 is 0. The molecule has 2 aromatic carbocycles. The first kappa shape index (κ1) is 16.8. The molecule has 0 bridgehead atoms. The number of ether oxygens (including phenoxy) is 1. The second-order valence-electron chi connectivity index (χ2n) is 5.81. The van der Waals surface area contributed by atoms with Crippen LogP contribution in [-0.4, -0.2) is 29.1 Å². The molecule has 0 radical (unpaired) electrons. The Bertz CT molecular complexity index is 706. The van der Waals surface area contributed by atoms with Gasteiger partial charge in [-0.3, -0.25) is 4.79 Å². The molecule has 0 aliphatic heterocycles. The Morgan fingerprint density at radius 3 is 2.35 bits per heavy atom. The first-order valence-corrected chi connectivity index (χ1v) is 7.57. The third-order valence-electron chi connectivity index (χ3n) is 3.65. The van der Waals surface area contributed by atoms with Crippen molar-refractivity contribution in [3.8, 4) is 5.75 Å². The van der Waals surface area contributed by atoms with Crippen molar-refractivity contribution in [2.75, 3.05) is 0 Å². The van der Waals surface area contributed by atoms with E-state index in [2.05, 4.69) is 5.32 Å². The molecule has 1 amide bonds. The van der Waals surface area contributed by atoms with Crippen LogP contribution in [0.5, 0.6) is 5.75 Å². The number of carbonyl (C=O) groups excluding carboxylic acids is 1. The highest BCUT2D eigenvalue weighted by atomic mass is 16.5. The average molecular weight is 315 g/mol. The molecule has 0 saturated carbocycles. The van der Waals surface area contributed by atoms with Crippen LogP contribution in [0.15, 0.2) is 42.5 Å². The number of fused-ring (bicyclic) bond motifs is 1. The minimum Gasteiger partial charge on any atom is -0.480 e. The molecule has 0 saturated heterocycles. The maximum atomic E-state index is 12.2. The number of rotatable bonds is 6. The van der Waals surface area contributed by atoms with E-state index in [1.54, 1.807) is 26.8 Å². The van der Waals surface area contributed by atoms with Gasteiger partial charge >= 0.3 is 5.97 Å². The average Bonchev–Trinajstić information content (AvgIpc) is 2.52. The standard InChI is InChI=1S/C18H21NO4/c1-11(2)16(18(21)22)19-17(20)12(3)23-15-10-6-8-13-7-4-5-9-14(13)15/h4-12,16H,1-3H3,(H,19,20)(H,21,22)/t12?,16-/m1/s1. The van der Waals surface area contributed by atoms with Crippen molar-refractivity contribution in [3.63, 3.8) is 0 Å². The zero-order valence-corrected chi connectivity index (χ0v) is 13.4. The van der Waals surface area contributed by atoms with E-state index >= 15 is 0 Å². The maximum absolute atomic E-state index is 12.2. The lowest BCUT2D eigenvalue weighted by Gasteiger charge is -2.21. The van der Waals surface area contributed by atoms with E-state index in [4.69, 9.17) is 9.84 Å². The van der Waals surface area contributed by atoms with Crippen LogP contribution in [0.4, 0.5) is 0 Å². The summed E-state index contributed by atoms with van der Waals surface area (Å²) in [6.07, 6.45) is -0.790. The highest BCUT2D eigenvalue weighted by Gasteiger charge is 2.26. The third-order valence-corrected chi connectivity index (χ3v) is 3.65. The van der Waals surface area contributed by atoms with Gasteiger partial charge in [0.1, 0.15) is 11.8 Å². The second-order valence-corrected chi connectivity index (χ2v) is 5.81. The van der Waals surface area contributed by atoms with Gasteiger partial charge in [0.05, 0.1) is 0 Å². The Kier molecular flexibility index (Phi) is 5.21. The Morgan fingerprint density at radius 2 is 1.70 bits per heavy atom. The summed E-state index contributed by atoms with van der Waals surface area (Å²) in [5.74, 6) is -1.10. The summed E-state index contributed by atoms with van der Waals surface area (Å²) in [6.45, 7) is 5.10. The summed E-state index contributed by atoms with van der Waals surface area (Å²) in [5.41, 5.74) is 0. The smallest absolute Gasteiger partial charge is 0.326 e. The monoisotopic (exact) mass is 315 g/mol. The molecule has 0 aromatic heterocycles. The van der Waals surface area contributed by atoms with E-state index in [-0.39, 0.29) is 5.92 Å². The molecule has 2 aromatic rings. The molecule has 0 aliphatic rings.